The molecule has 1 N–H and O–H groups in total. The van der Waals surface area contributed by atoms with Gasteiger partial charge in [0.15, 0.2) is 5.65 Å². The molecule has 7 rings (SSSR count). The molecule has 46 heavy (non-hydrogen) atoms. The van der Waals surface area contributed by atoms with Crippen molar-refractivity contribution in [2.45, 2.75) is 31.8 Å². The first-order chi connectivity index (χ1) is 22.0. The van der Waals surface area contributed by atoms with Gasteiger partial charge in [-0.25, -0.2) is 9.37 Å². The number of hydrogen-bond acceptors (Lipinski definition) is 8. The van der Waals surface area contributed by atoms with Crippen LogP contribution < -0.4 is 15.4 Å². The van der Waals surface area contributed by atoms with Crippen LogP contribution in [0.4, 0.5) is 15.8 Å². The van der Waals surface area contributed by atoms with Crippen molar-refractivity contribution in [1.29, 1.82) is 0 Å². The van der Waals surface area contributed by atoms with Gasteiger partial charge in [-0.1, -0.05) is 24.2 Å². The minimum absolute atomic E-state index is 0.0282. The number of hydrogen-bond donors (Lipinski definition) is 1. The molecule has 6 heterocycles. The summed E-state index contributed by atoms with van der Waals surface area (Å²) < 4.78 is 22.1. The number of rotatable bonds is 4. The summed E-state index contributed by atoms with van der Waals surface area (Å²) in [5.41, 5.74) is 1.70. The SMILES string of the molecule is C=CC(=O)N1C[C@@H]2C(=O)N(C)c3c(c4cc(Cl)c(-c5c(O)cccc5F)nc4n(-c4c(C)ccnc4C4COC4)c3=O)N2C[C@H]1C. The fraction of sp³-hybridized carbons (Fsp3) is 0.303. The molecule has 0 aliphatic carbocycles. The number of nitrogens with zero attached hydrogens (tertiary/aromatic N) is 6. The molecule has 2 fully saturated rings. The quantitative estimate of drug-likeness (QED) is 0.332. The lowest BCUT2D eigenvalue weighted by Crippen LogP contribution is -2.66. The Morgan fingerprint density at radius 3 is 2.61 bits per heavy atom. The second kappa shape index (κ2) is 10.9. The summed E-state index contributed by atoms with van der Waals surface area (Å²) in [7, 11) is 1.53. The van der Waals surface area contributed by atoms with E-state index in [1.165, 1.54) is 40.8 Å². The average Bonchev–Trinajstić information content (AvgIpc) is 2.99. The molecule has 4 aromatic rings. The number of piperazine rings is 1. The van der Waals surface area contributed by atoms with E-state index in [0.29, 0.717) is 35.7 Å². The third-order valence-electron chi connectivity index (χ3n) is 9.12. The summed E-state index contributed by atoms with van der Waals surface area (Å²) in [4.78, 5) is 55.7. The van der Waals surface area contributed by atoms with Crippen molar-refractivity contribution in [1.82, 2.24) is 19.4 Å². The molecule has 1 aromatic carbocycles. The first-order valence-electron chi connectivity index (χ1n) is 14.8. The largest absolute Gasteiger partial charge is 0.507 e. The molecule has 2 saturated heterocycles. The second-order valence-electron chi connectivity index (χ2n) is 11.9. The van der Waals surface area contributed by atoms with Gasteiger partial charge in [0.1, 0.15) is 23.3 Å². The van der Waals surface area contributed by atoms with E-state index in [1.54, 1.807) is 23.2 Å². The smallest absolute Gasteiger partial charge is 0.283 e. The first kappa shape index (κ1) is 29.9. The van der Waals surface area contributed by atoms with Crippen molar-refractivity contribution in [3.8, 4) is 22.7 Å². The van der Waals surface area contributed by atoms with Gasteiger partial charge in [-0.15, -0.1) is 0 Å². The van der Waals surface area contributed by atoms with Gasteiger partial charge in [0.2, 0.25) is 5.91 Å². The molecule has 3 aliphatic rings. The number of aromatic hydroxyl groups is 1. The molecule has 3 aromatic heterocycles. The number of aromatic nitrogens is 3. The average molecular weight is 645 g/mol. The van der Waals surface area contributed by atoms with Gasteiger partial charge < -0.3 is 24.5 Å². The summed E-state index contributed by atoms with van der Waals surface area (Å²) in [5, 5.41) is 11.1. The number of carbonyl (C=O) groups excluding carboxylic acids is 2. The zero-order valence-electron chi connectivity index (χ0n) is 25.3. The summed E-state index contributed by atoms with van der Waals surface area (Å²) in [6, 6.07) is 6.12. The molecular formula is C33H30ClFN6O5. The van der Waals surface area contributed by atoms with E-state index in [9.17, 15) is 19.5 Å². The number of likely N-dealkylation sites (N-methyl/N-ethyl adjacent to an activating group) is 1. The number of phenols is 1. The lowest BCUT2D eigenvalue weighted by atomic mass is 9.97. The molecule has 13 heteroatoms. The van der Waals surface area contributed by atoms with Crippen molar-refractivity contribution in [3.63, 3.8) is 0 Å². The van der Waals surface area contributed by atoms with Gasteiger partial charge in [-0.05, 0) is 49.8 Å². The molecule has 0 saturated carbocycles. The summed E-state index contributed by atoms with van der Waals surface area (Å²) in [6.07, 6.45) is 2.88. The van der Waals surface area contributed by atoms with Crippen LogP contribution in [0.5, 0.6) is 5.75 Å². The van der Waals surface area contributed by atoms with Gasteiger partial charge in [-0.3, -0.25) is 23.9 Å². The molecule has 2 atom stereocenters. The molecule has 236 valence electrons. The van der Waals surface area contributed by atoms with Crippen molar-refractivity contribution in [2.75, 3.05) is 43.2 Å². The van der Waals surface area contributed by atoms with Crippen LogP contribution in [-0.4, -0.2) is 81.8 Å². The van der Waals surface area contributed by atoms with E-state index in [-0.39, 0.29) is 70.2 Å². The summed E-state index contributed by atoms with van der Waals surface area (Å²) in [6.45, 7) is 8.46. The van der Waals surface area contributed by atoms with Crippen molar-refractivity contribution >= 4 is 45.8 Å². The maximum atomic E-state index is 15.2. The van der Waals surface area contributed by atoms with Crippen molar-refractivity contribution in [3.05, 3.63) is 81.6 Å². The number of aryl methyl sites for hydroxylation is 1. The van der Waals surface area contributed by atoms with E-state index in [2.05, 4.69) is 11.6 Å². The number of benzene rings is 1. The first-order valence-corrected chi connectivity index (χ1v) is 15.2. The van der Waals surface area contributed by atoms with E-state index in [4.69, 9.17) is 21.3 Å². The zero-order valence-corrected chi connectivity index (χ0v) is 26.1. The molecule has 0 unspecified atom stereocenters. The van der Waals surface area contributed by atoms with Crippen LogP contribution in [0.2, 0.25) is 5.02 Å². The zero-order chi connectivity index (χ0) is 32.6. The highest BCUT2D eigenvalue weighted by Crippen LogP contribution is 2.45. The number of ether oxygens (including phenoxy) is 1. The maximum Gasteiger partial charge on any atom is 0.283 e. The highest BCUT2D eigenvalue weighted by atomic mass is 35.5. The predicted molar refractivity (Wildman–Crippen MR) is 171 cm³/mol. The Morgan fingerprint density at radius 2 is 1.93 bits per heavy atom. The number of amides is 2. The van der Waals surface area contributed by atoms with Crippen LogP contribution in [0.25, 0.3) is 28.0 Å². The Hall–Kier alpha value is -4.81. The summed E-state index contributed by atoms with van der Waals surface area (Å²) >= 11 is 6.84. The molecule has 11 nitrogen and oxygen atoms in total. The lowest BCUT2D eigenvalue weighted by molar-refractivity contribution is -0.130. The number of carbonyl (C=O) groups is 2. The topological polar surface area (TPSA) is 121 Å². The second-order valence-corrected chi connectivity index (χ2v) is 12.3. The fourth-order valence-electron chi connectivity index (χ4n) is 6.72. The highest BCUT2D eigenvalue weighted by molar-refractivity contribution is 6.34. The van der Waals surface area contributed by atoms with E-state index in [0.717, 1.165) is 5.56 Å². The van der Waals surface area contributed by atoms with Gasteiger partial charge in [0.25, 0.3) is 11.5 Å². The molecule has 3 aliphatic heterocycles. The van der Waals surface area contributed by atoms with Gasteiger partial charge in [0.05, 0.1) is 59.0 Å². The number of phenolic OH excluding ortho intramolecular Hbond substituents is 1. The monoisotopic (exact) mass is 644 g/mol. The van der Waals surface area contributed by atoms with E-state index in [1.807, 2.05) is 18.7 Å². The Labute approximate surface area is 268 Å². The van der Waals surface area contributed by atoms with Crippen LogP contribution >= 0.6 is 11.6 Å². The Morgan fingerprint density at radius 1 is 1.17 bits per heavy atom. The maximum absolute atomic E-state index is 15.2. The third kappa shape index (κ3) is 4.31. The molecule has 0 bridgehead atoms. The van der Waals surface area contributed by atoms with E-state index < -0.39 is 17.4 Å². The van der Waals surface area contributed by atoms with Crippen molar-refractivity contribution < 1.29 is 23.8 Å². The molecule has 2 amide bonds. The highest BCUT2D eigenvalue weighted by Gasteiger charge is 2.46. The molecule has 0 radical (unpaired) electrons. The van der Waals surface area contributed by atoms with Crippen LogP contribution in [0, 0.1) is 12.7 Å². The number of halogens is 2. The predicted octanol–water partition coefficient (Wildman–Crippen LogP) is 3.94. The number of anilines is 2. The van der Waals surface area contributed by atoms with Crippen LogP contribution in [-0.2, 0) is 14.3 Å². The normalized spacial score (nSPS) is 19.6. The Bertz CT molecular complexity index is 2030. The van der Waals surface area contributed by atoms with Crippen LogP contribution in [0.1, 0.15) is 24.1 Å². The lowest BCUT2D eigenvalue weighted by Gasteiger charge is -2.49. The number of fused-ring (bicyclic) bond motifs is 5. The van der Waals surface area contributed by atoms with Gasteiger partial charge in [-0.2, -0.15) is 0 Å². The summed E-state index contributed by atoms with van der Waals surface area (Å²) in [5.74, 6) is -1.85. The molecule has 0 spiro atoms. The van der Waals surface area contributed by atoms with Crippen LogP contribution in [0.15, 0.2) is 54.0 Å². The van der Waals surface area contributed by atoms with Crippen molar-refractivity contribution in [2.24, 2.45) is 0 Å². The number of pyridine rings is 3. The van der Waals surface area contributed by atoms with E-state index >= 15 is 4.39 Å². The van der Waals surface area contributed by atoms with Gasteiger partial charge in [0, 0.05) is 31.2 Å². The minimum atomic E-state index is -0.798. The van der Waals surface area contributed by atoms with Gasteiger partial charge >= 0.3 is 0 Å². The fourth-order valence-corrected chi connectivity index (χ4v) is 6.97. The molecular weight excluding hydrogens is 615 g/mol. The Balaban J connectivity index is 1.59. The third-order valence-corrected chi connectivity index (χ3v) is 9.41. The minimum Gasteiger partial charge on any atom is -0.507 e. The van der Waals surface area contributed by atoms with Crippen LogP contribution in [0.3, 0.4) is 0 Å². The standard InChI is InChI=1S/C33H30ClFN6O5/c1-5-24(43)39-13-22-32(44)38(4)30-29(40(22)12-17(39)3)19-11-20(34)27(25-21(35)7-6-8-23(25)42)37-31(19)41(33(30)45)28-16(2)9-10-36-26(28)18-14-46-15-18/h5-11,17-18,22,42H,1,12-15H2,2-4H3/t17-,22-/m1/s1. The Kier molecular flexibility index (Phi) is 7.09.